The highest BCUT2D eigenvalue weighted by molar-refractivity contribution is 6.43. The molecule has 2 aromatic carbocycles. The normalized spacial score (nSPS) is 11.1. The highest BCUT2D eigenvalue weighted by Gasteiger charge is 2.16. The Bertz CT molecular complexity index is 767. The minimum atomic E-state index is -0.574. The van der Waals surface area contributed by atoms with E-state index in [1.54, 1.807) is 24.3 Å². The summed E-state index contributed by atoms with van der Waals surface area (Å²) in [5.74, 6) is 0.788. The number of ether oxygens (including phenoxy) is 2. The lowest BCUT2D eigenvalue weighted by Crippen LogP contribution is -2.17. The molecule has 0 atom stereocenters. The van der Waals surface area contributed by atoms with Crippen LogP contribution in [0.5, 0.6) is 11.5 Å². The maximum atomic E-state index is 11.7. The first-order valence-electron chi connectivity index (χ1n) is 7.30. The molecule has 2 N–H and O–H groups in total. The topological polar surface area (TPSA) is 83.1 Å². The number of hydrogen-bond donors (Lipinski definition) is 1. The zero-order chi connectivity index (χ0) is 17.7. The molecule has 0 radical (unpaired) electrons. The van der Waals surface area contributed by atoms with Gasteiger partial charge in [0.05, 0.1) is 7.11 Å². The number of oxime groups is 1. The molecule has 0 saturated carbocycles. The number of methoxy groups -OCH3 is 1. The third-order valence-corrected chi connectivity index (χ3v) is 3.48. The van der Waals surface area contributed by atoms with Gasteiger partial charge in [0, 0.05) is 11.3 Å². The van der Waals surface area contributed by atoms with E-state index < -0.39 is 5.97 Å². The molecule has 0 bridgehead atoms. The third-order valence-electron chi connectivity index (χ3n) is 3.48. The van der Waals surface area contributed by atoms with Gasteiger partial charge in [0.25, 0.3) is 0 Å². The van der Waals surface area contributed by atoms with Gasteiger partial charge in [-0.3, -0.25) is 0 Å². The van der Waals surface area contributed by atoms with Crippen molar-refractivity contribution < 1.29 is 19.1 Å². The van der Waals surface area contributed by atoms with Crippen molar-refractivity contribution >= 4 is 17.4 Å². The summed E-state index contributed by atoms with van der Waals surface area (Å²) in [7, 11) is 2.66. The van der Waals surface area contributed by atoms with Gasteiger partial charge in [-0.2, -0.15) is 0 Å². The van der Waals surface area contributed by atoms with Crippen LogP contribution in [0.1, 0.15) is 16.7 Å². The van der Waals surface area contributed by atoms with E-state index in [0.29, 0.717) is 11.3 Å². The van der Waals surface area contributed by atoms with Gasteiger partial charge in [-0.15, -0.1) is 0 Å². The lowest BCUT2D eigenvalue weighted by Gasteiger charge is -2.12. The number of anilines is 1. The van der Waals surface area contributed by atoms with Gasteiger partial charge >= 0.3 is 5.97 Å². The van der Waals surface area contributed by atoms with Crippen LogP contribution in [0.15, 0.2) is 41.6 Å². The Labute approximate surface area is 140 Å². The highest BCUT2D eigenvalue weighted by Crippen LogP contribution is 2.29. The lowest BCUT2D eigenvalue weighted by molar-refractivity contribution is -0.132. The first kappa shape index (κ1) is 17.3. The Hall–Kier alpha value is -3.02. The van der Waals surface area contributed by atoms with Gasteiger partial charge in [-0.1, -0.05) is 5.16 Å². The summed E-state index contributed by atoms with van der Waals surface area (Å²) in [5, 5.41) is 3.70. The molecular weight excluding hydrogens is 308 g/mol. The van der Waals surface area contributed by atoms with Crippen LogP contribution in [-0.4, -0.2) is 25.9 Å². The SMILES string of the molecule is CO/N=C(/C(=O)OC)c1ccc(Oc2cc(C)c(N)cc2C)cc1. The van der Waals surface area contributed by atoms with Crippen molar-refractivity contribution in [3.8, 4) is 11.5 Å². The average Bonchev–Trinajstić information content (AvgIpc) is 2.58. The van der Waals surface area contributed by atoms with Crippen LogP contribution in [0.2, 0.25) is 0 Å². The maximum Gasteiger partial charge on any atom is 0.360 e. The zero-order valence-electron chi connectivity index (χ0n) is 14.1. The summed E-state index contributed by atoms with van der Waals surface area (Å²) >= 11 is 0. The third kappa shape index (κ3) is 3.84. The van der Waals surface area contributed by atoms with Crippen molar-refractivity contribution in [3.05, 3.63) is 53.1 Å². The van der Waals surface area contributed by atoms with Crippen LogP contribution >= 0.6 is 0 Å². The van der Waals surface area contributed by atoms with Gasteiger partial charge < -0.3 is 20.0 Å². The maximum absolute atomic E-state index is 11.7. The van der Waals surface area contributed by atoms with Crippen molar-refractivity contribution in [1.29, 1.82) is 0 Å². The van der Waals surface area contributed by atoms with Gasteiger partial charge in [0.15, 0.2) is 5.71 Å². The van der Waals surface area contributed by atoms with Crippen molar-refractivity contribution in [1.82, 2.24) is 0 Å². The number of carbonyl (C=O) groups is 1. The second-order valence-electron chi connectivity index (χ2n) is 5.21. The Morgan fingerprint density at radius 2 is 1.71 bits per heavy atom. The van der Waals surface area contributed by atoms with Gasteiger partial charge in [-0.05, 0) is 61.4 Å². The minimum absolute atomic E-state index is 0.0889. The number of benzene rings is 2. The molecule has 0 aromatic heterocycles. The molecule has 2 rings (SSSR count). The van der Waals surface area contributed by atoms with E-state index in [1.807, 2.05) is 26.0 Å². The summed E-state index contributed by atoms with van der Waals surface area (Å²) in [6.07, 6.45) is 0. The number of nitrogens with zero attached hydrogens (tertiary/aromatic N) is 1. The molecule has 0 aliphatic heterocycles. The number of rotatable bonds is 5. The zero-order valence-corrected chi connectivity index (χ0v) is 14.1. The molecule has 0 amide bonds. The molecule has 0 unspecified atom stereocenters. The Morgan fingerprint density at radius 3 is 2.29 bits per heavy atom. The van der Waals surface area contributed by atoms with E-state index in [0.717, 1.165) is 22.6 Å². The van der Waals surface area contributed by atoms with Gasteiger partial charge in [0.1, 0.15) is 18.6 Å². The largest absolute Gasteiger partial charge is 0.464 e. The molecule has 126 valence electrons. The standard InChI is InChI=1S/C18H20N2O4/c1-11-10-16(12(2)9-15(11)19)24-14-7-5-13(6-8-14)17(20-23-4)18(21)22-3/h5-10H,19H2,1-4H3/b20-17+. The van der Waals surface area contributed by atoms with E-state index in [2.05, 4.69) is 5.16 Å². The Morgan fingerprint density at radius 1 is 1.04 bits per heavy atom. The summed E-state index contributed by atoms with van der Waals surface area (Å²) < 4.78 is 10.6. The summed E-state index contributed by atoms with van der Waals surface area (Å²) in [6, 6.07) is 10.7. The molecular formula is C18H20N2O4. The van der Waals surface area contributed by atoms with Crippen molar-refractivity contribution in [3.63, 3.8) is 0 Å². The first-order chi connectivity index (χ1) is 11.5. The number of carbonyl (C=O) groups excluding carboxylic acids is 1. The fraction of sp³-hybridized carbons (Fsp3) is 0.222. The molecule has 0 aliphatic carbocycles. The van der Waals surface area contributed by atoms with Crippen LogP contribution in [0.25, 0.3) is 0 Å². The second kappa shape index (κ2) is 7.50. The van der Waals surface area contributed by atoms with Crippen molar-refractivity contribution in [2.24, 2.45) is 5.16 Å². The molecule has 6 heteroatoms. The van der Waals surface area contributed by atoms with E-state index in [9.17, 15) is 4.79 Å². The van der Waals surface area contributed by atoms with Crippen LogP contribution < -0.4 is 10.5 Å². The highest BCUT2D eigenvalue weighted by atomic mass is 16.6. The quantitative estimate of drug-likeness (QED) is 0.394. The fourth-order valence-corrected chi connectivity index (χ4v) is 2.13. The molecule has 6 nitrogen and oxygen atoms in total. The first-order valence-corrected chi connectivity index (χ1v) is 7.30. The molecule has 0 spiro atoms. The molecule has 0 saturated heterocycles. The van der Waals surface area contributed by atoms with E-state index in [1.165, 1.54) is 14.2 Å². The average molecular weight is 328 g/mol. The van der Waals surface area contributed by atoms with Crippen molar-refractivity contribution in [2.45, 2.75) is 13.8 Å². The molecule has 2 aromatic rings. The van der Waals surface area contributed by atoms with Crippen molar-refractivity contribution in [2.75, 3.05) is 20.0 Å². The number of nitrogen functional groups attached to an aromatic ring is 1. The number of nitrogens with two attached hydrogens (primary N) is 1. The van der Waals surface area contributed by atoms with Gasteiger partial charge in [-0.25, -0.2) is 4.79 Å². The number of esters is 1. The second-order valence-corrected chi connectivity index (χ2v) is 5.21. The number of hydrogen-bond acceptors (Lipinski definition) is 6. The lowest BCUT2D eigenvalue weighted by atomic mass is 10.1. The van der Waals surface area contributed by atoms with E-state index in [4.69, 9.17) is 20.0 Å². The summed E-state index contributed by atoms with van der Waals surface area (Å²) in [5.41, 5.74) is 9.17. The fourth-order valence-electron chi connectivity index (χ4n) is 2.13. The number of aryl methyl sites for hydroxylation is 2. The molecule has 0 aliphatic rings. The van der Waals surface area contributed by atoms with Crippen LogP contribution in [0.3, 0.4) is 0 Å². The van der Waals surface area contributed by atoms with Crippen LogP contribution in [0, 0.1) is 13.8 Å². The Balaban J connectivity index is 2.25. The predicted octanol–water partition coefficient (Wildman–Crippen LogP) is 3.20. The minimum Gasteiger partial charge on any atom is -0.464 e. The Kier molecular flexibility index (Phi) is 5.42. The van der Waals surface area contributed by atoms with Gasteiger partial charge in [0.2, 0.25) is 0 Å². The monoisotopic (exact) mass is 328 g/mol. The molecule has 0 fully saturated rings. The summed E-state index contributed by atoms with van der Waals surface area (Å²) in [4.78, 5) is 16.4. The molecule has 24 heavy (non-hydrogen) atoms. The van der Waals surface area contributed by atoms with Crippen LogP contribution in [0.4, 0.5) is 5.69 Å². The van der Waals surface area contributed by atoms with E-state index >= 15 is 0 Å². The predicted molar refractivity (Wildman–Crippen MR) is 92.4 cm³/mol. The smallest absolute Gasteiger partial charge is 0.360 e. The molecule has 0 heterocycles. The van der Waals surface area contributed by atoms with E-state index in [-0.39, 0.29) is 5.71 Å². The summed E-state index contributed by atoms with van der Waals surface area (Å²) in [6.45, 7) is 3.86. The van der Waals surface area contributed by atoms with Crippen LogP contribution in [-0.2, 0) is 14.4 Å².